The minimum absolute atomic E-state index is 0.158. The maximum Gasteiger partial charge on any atom is 0.303 e. The van der Waals surface area contributed by atoms with Crippen molar-refractivity contribution >= 4 is 21.9 Å². The van der Waals surface area contributed by atoms with E-state index in [9.17, 15) is 4.79 Å². The summed E-state index contributed by atoms with van der Waals surface area (Å²) in [5.74, 6) is -0.774. The fraction of sp³-hybridized carbons (Fsp3) is 0.167. The number of benzene rings is 1. The van der Waals surface area contributed by atoms with Gasteiger partial charge in [-0.2, -0.15) is 5.10 Å². The largest absolute Gasteiger partial charge is 0.481 e. The van der Waals surface area contributed by atoms with Crippen LogP contribution in [0.4, 0.5) is 0 Å². The molecule has 0 unspecified atom stereocenters. The number of hydrogen-bond acceptors (Lipinski definition) is 2. The molecule has 0 saturated heterocycles. The van der Waals surface area contributed by atoms with Gasteiger partial charge in [-0.1, -0.05) is 12.1 Å². The van der Waals surface area contributed by atoms with Gasteiger partial charge in [0.2, 0.25) is 0 Å². The summed E-state index contributed by atoms with van der Waals surface area (Å²) in [7, 11) is 0. The first-order chi connectivity index (χ1) is 8.16. The van der Waals surface area contributed by atoms with Crippen LogP contribution >= 0.6 is 15.9 Å². The van der Waals surface area contributed by atoms with Crippen LogP contribution < -0.4 is 0 Å². The highest BCUT2D eigenvalue weighted by atomic mass is 79.9. The first-order valence-corrected chi connectivity index (χ1v) is 5.97. The number of carboxylic acid groups (broad SMARTS) is 1. The quantitative estimate of drug-likeness (QED) is 0.943. The Hall–Kier alpha value is -1.62. The lowest BCUT2D eigenvalue weighted by molar-refractivity contribution is -0.136. The number of carbonyl (C=O) groups is 1. The van der Waals surface area contributed by atoms with E-state index in [2.05, 4.69) is 21.0 Å². The Morgan fingerprint density at radius 1 is 1.29 bits per heavy atom. The van der Waals surface area contributed by atoms with Gasteiger partial charge in [0.25, 0.3) is 0 Å². The van der Waals surface area contributed by atoms with Crippen LogP contribution in [0.1, 0.15) is 12.0 Å². The van der Waals surface area contributed by atoms with E-state index >= 15 is 0 Å². The number of aryl methyl sites for hydroxylation is 1. The van der Waals surface area contributed by atoms with Crippen LogP contribution in [-0.2, 0) is 11.2 Å². The molecule has 0 spiro atoms. The summed E-state index contributed by atoms with van der Waals surface area (Å²) in [6.07, 6.45) is 2.42. The zero-order chi connectivity index (χ0) is 12.3. The van der Waals surface area contributed by atoms with Crippen molar-refractivity contribution < 1.29 is 9.90 Å². The van der Waals surface area contributed by atoms with Gasteiger partial charge in [-0.05, 0) is 46.1 Å². The molecular weight excluding hydrogens is 284 g/mol. The van der Waals surface area contributed by atoms with Crippen LogP contribution in [0.25, 0.3) is 5.69 Å². The van der Waals surface area contributed by atoms with Crippen LogP contribution in [0.2, 0.25) is 0 Å². The van der Waals surface area contributed by atoms with Gasteiger partial charge in [0.15, 0.2) is 0 Å². The Labute approximate surface area is 107 Å². The third-order valence-electron chi connectivity index (χ3n) is 2.40. The van der Waals surface area contributed by atoms with Gasteiger partial charge in [-0.25, -0.2) is 4.68 Å². The number of hydrogen-bond donors (Lipinski definition) is 1. The van der Waals surface area contributed by atoms with Gasteiger partial charge in [-0.15, -0.1) is 0 Å². The average molecular weight is 295 g/mol. The topological polar surface area (TPSA) is 55.1 Å². The molecular formula is C12H11BrN2O2. The van der Waals surface area contributed by atoms with Crippen LogP contribution in [0.15, 0.2) is 41.1 Å². The lowest BCUT2D eigenvalue weighted by Crippen LogP contribution is -1.99. The van der Waals surface area contributed by atoms with E-state index in [1.165, 1.54) is 0 Å². The Kier molecular flexibility index (Phi) is 3.58. The van der Waals surface area contributed by atoms with Gasteiger partial charge in [-0.3, -0.25) is 4.79 Å². The highest BCUT2D eigenvalue weighted by molar-refractivity contribution is 9.10. The lowest BCUT2D eigenvalue weighted by atomic mass is 10.1. The van der Waals surface area contributed by atoms with Crippen molar-refractivity contribution in [2.45, 2.75) is 12.8 Å². The third-order valence-corrected chi connectivity index (χ3v) is 3.01. The van der Waals surface area contributed by atoms with Crippen molar-refractivity contribution in [2.24, 2.45) is 0 Å². The number of aromatic nitrogens is 2. The van der Waals surface area contributed by atoms with Crippen molar-refractivity contribution in [1.29, 1.82) is 0 Å². The number of aliphatic carboxylic acids is 1. The van der Waals surface area contributed by atoms with Crippen LogP contribution in [0, 0.1) is 0 Å². The molecule has 0 saturated carbocycles. The van der Waals surface area contributed by atoms with E-state index in [4.69, 9.17) is 5.11 Å². The standard InChI is InChI=1S/C12H11BrN2O2/c13-11-7-8-14-15(11)10-4-1-9(2-5-10)3-6-12(16)17/h1-2,4-5,7-8H,3,6H2,(H,16,17). The predicted molar refractivity (Wildman–Crippen MR) is 67.2 cm³/mol. The summed E-state index contributed by atoms with van der Waals surface area (Å²) < 4.78 is 2.65. The molecule has 1 heterocycles. The highest BCUT2D eigenvalue weighted by Gasteiger charge is 2.03. The second kappa shape index (κ2) is 5.14. The van der Waals surface area contributed by atoms with E-state index in [1.807, 2.05) is 30.3 Å². The van der Waals surface area contributed by atoms with Crippen molar-refractivity contribution in [3.63, 3.8) is 0 Å². The number of carboxylic acids is 1. The minimum Gasteiger partial charge on any atom is -0.481 e. The van der Waals surface area contributed by atoms with Gasteiger partial charge in [0.1, 0.15) is 4.60 Å². The number of nitrogens with zero attached hydrogens (tertiary/aromatic N) is 2. The number of rotatable bonds is 4. The van der Waals surface area contributed by atoms with E-state index in [-0.39, 0.29) is 6.42 Å². The molecule has 2 aromatic rings. The molecule has 0 aliphatic rings. The lowest BCUT2D eigenvalue weighted by Gasteiger charge is -2.04. The maximum absolute atomic E-state index is 10.5. The fourth-order valence-corrected chi connectivity index (χ4v) is 1.95. The molecule has 0 bridgehead atoms. The summed E-state index contributed by atoms with van der Waals surface area (Å²) in [5, 5.41) is 12.8. The van der Waals surface area contributed by atoms with Crippen molar-refractivity contribution in [2.75, 3.05) is 0 Å². The van der Waals surface area contributed by atoms with E-state index in [0.29, 0.717) is 6.42 Å². The monoisotopic (exact) mass is 294 g/mol. The Morgan fingerprint density at radius 3 is 2.53 bits per heavy atom. The van der Waals surface area contributed by atoms with E-state index in [0.717, 1.165) is 15.9 Å². The van der Waals surface area contributed by atoms with Crippen molar-refractivity contribution in [3.8, 4) is 5.69 Å². The molecule has 2 rings (SSSR count). The zero-order valence-corrected chi connectivity index (χ0v) is 10.6. The molecule has 0 amide bonds. The Balaban J connectivity index is 2.13. The average Bonchev–Trinajstić information content (AvgIpc) is 2.73. The van der Waals surface area contributed by atoms with E-state index in [1.54, 1.807) is 10.9 Å². The van der Waals surface area contributed by atoms with Gasteiger partial charge in [0, 0.05) is 6.42 Å². The smallest absolute Gasteiger partial charge is 0.303 e. The summed E-state index contributed by atoms with van der Waals surface area (Å²) >= 11 is 3.39. The van der Waals surface area contributed by atoms with Crippen molar-refractivity contribution in [3.05, 3.63) is 46.7 Å². The predicted octanol–water partition coefficient (Wildman–Crippen LogP) is 2.65. The van der Waals surface area contributed by atoms with Crippen LogP contribution in [0.3, 0.4) is 0 Å². The molecule has 88 valence electrons. The summed E-state index contributed by atoms with van der Waals surface area (Å²) in [6, 6.07) is 9.56. The SMILES string of the molecule is O=C(O)CCc1ccc(-n2nccc2Br)cc1. The van der Waals surface area contributed by atoms with Gasteiger partial charge >= 0.3 is 5.97 Å². The summed E-state index contributed by atoms with van der Waals surface area (Å²) in [4.78, 5) is 10.5. The zero-order valence-electron chi connectivity index (χ0n) is 9.01. The molecule has 0 fully saturated rings. The molecule has 17 heavy (non-hydrogen) atoms. The van der Waals surface area contributed by atoms with Crippen LogP contribution in [-0.4, -0.2) is 20.9 Å². The first kappa shape index (κ1) is 11.9. The summed E-state index contributed by atoms with van der Waals surface area (Å²) in [6.45, 7) is 0. The van der Waals surface area contributed by atoms with Gasteiger partial charge in [0.05, 0.1) is 11.9 Å². The molecule has 0 aliphatic heterocycles. The molecule has 1 N–H and O–H groups in total. The first-order valence-electron chi connectivity index (χ1n) is 5.17. The van der Waals surface area contributed by atoms with Crippen molar-refractivity contribution in [1.82, 2.24) is 9.78 Å². The molecule has 1 aromatic heterocycles. The summed E-state index contributed by atoms with van der Waals surface area (Å²) in [5.41, 5.74) is 1.96. The molecule has 5 heteroatoms. The molecule has 0 aliphatic carbocycles. The molecule has 0 atom stereocenters. The third kappa shape index (κ3) is 2.94. The maximum atomic E-state index is 10.5. The molecule has 4 nitrogen and oxygen atoms in total. The second-order valence-electron chi connectivity index (χ2n) is 3.63. The Morgan fingerprint density at radius 2 is 2.00 bits per heavy atom. The second-order valence-corrected chi connectivity index (χ2v) is 4.44. The number of halogens is 1. The highest BCUT2D eigenvalue weighted by Crippen LogP contribution is 2.16. The minimum atomic E-state index is -0.774. The van der Waals surface area contributed by atoms with Gasteiger partial charge < -0.3 is 5.11 Å². The molecule has 1 aromatic carbocycles. The van der Waals surface area contributed by atoms with Crippen LogP contribution in [0.5, 0.6) is 0 Å². The molecule has 0 radical (unpaired) electrons. The van der Waals surface area contributed by atoms with E-state index < -0.39 is 5.97 Å². The Bertz CT molecular complexity index is 520. The normalized spacial score (nSPS) is 10.4. The fourth-order valence-electron chi connectivity index (χ4n) is 1.53.